The molecule has 0 radical (unpaired) electrons. The van der Waals surface area contributed by atoms with Gasteiger partial charge in [-0.1, -0.05) is 49.7 Å². The van der Waals surface area contributed by atoms with E-state index in [1.54, 1.807) is 0 Å². The first-order chi connectivity index (χ1) is 10.1. The smallest absolute Gasteiger partial charge is 0.136 e. The Morgan fingerprint density at radius 3 is 2.38 bits per heavy atom. The van der Waals surface area contributed by atoms with Gasteiger partial charge in [0.1, 0.15) is 11.9 Å². The maximum atomic E-state index is 6.02. The standard InChI is InChI=1S/C18H22ClNO/c1-3-13(2)14-7-9-17(10-8-14)21-18(12-20)15-5-4-6-16(19)11-15/h4-11,13,18H,3,12,20H2,1-2H3. The van der Waals surface area contributed by atoms with Gasteiger partial charge < -0.3 is 10.5 Å². The van der Waals surface area contributed by atoms with Crippen molar-refractivity contribution in [1.29, 1.82) is 0 Å². The lowest BCUT2D eigenvalue weighted by Crippen LogP contribution is -2.18. The number of halogens is 1. The molecule has 112 valence electrons. The quantitative estimate of drug-likeness (QED) is 0.821. The number of benzene rings is 2. The molecule has 0 saturated carbocycles. The van der Waals surface area contributed by atoms with Crippen molar-refractivity contribution < 1.29 is 4.74 Å². The first kappa shape index (κ1) is 15.9. The molecular weight excluding hydrogens is 282 g/mol. The minimum atomic E-state index is -0.182. The monoisotopic (exact) mass is 303 g/mol. The molecule has 0 aromatic heterocycles. The Labute approximate surface area is 131 Å². The Bertz CT molecular complexity index is 568. The first-order valence-electron chi connectivity index (χ1n) is 7.36. The zero-order valence-electron chi connectivity index (χ0n) is 12.6. The van der Waals surface area contributed by atoms with Crippen molar-refractivity contribution in [3.8, 4) is 5.75 Å². The molecule has 3 heteroatoms. The number of nitrogens with two attached hydrogens (primary N) is 1. The van der Waals surface area contributed by atoms with Gasteiger partial charge in [-0.15, -0.1) is 0 Å². The van der Waals surface area contributed by atoms with Crippen molar-refractivity contribution in [3.05, 3.63) is 64.7 Å². The molecule has 2 rings (SSSR count). The molecule has 2 aromatic rings. The van der Waals surface area contributed by atoms with Crippen molar-refractivity contribution in [1.82, 2.24) is 0 Å². The summed E-state index contributed by atoms with van der Waals surface area (Å²) in [5.74, 6) is 1.40. The molecular formula is C18H22ClNO. The lowest BCUT2D eigenvalue weighted by atomic mass is 9.99. The summed E-state index contributed by atoms with van der Waals surface area (Å²) in [4.78, 5) is 0. The van der Waals surface area contributed by atoms with Crippen LogP contribution < -0.4 is 10.5 Å². The maximum absolute atomic E-state index is 6.02. The molecule has 0 heterocycles. The van der Waals surface area contributed by atoms with Crippen molar-refractivity contribution >= 4 is 11.6 Å². The van der Waals surface area contributed by atoms with E-state index in [1.807, 2.05) is 36.4 Å². The Hall–Kier alpha value is -1.51. The Kier molecular flexibility index (Phi) is 5.66. The second-order valence-electron chi connectivity index (χ2n) is 5.28. The minimum absolute atomic E-state index is 0.182. The highest BCUT2D eigenvalue weighted by molar-refractivity contribution is 6.30. The van der Waals surface area contributed by atoms with Gasteiger partial charge in [-0.25, -0.2) is 0 Å². The van der Waals surface area contributed by atoms with Crippen LogP contribution in [0.15, 0.2) is 48.5 Å². The predicted octanol–water partition coefficient (Wildman–Crippen LogP) is 4.93. The van der Waals surface area contributed by atoms with Crippen LogP contribution in [0.2, 0.25) is 5.02 Å². The number of hydrogen-bond acceptors (Lipinski definition) is 2. The average molecular weight is 304 g/mol. The van der Waals surface area contributed by atoms with Gasteiger partial charge in [0.15, 0.2) is 0 Å². The van der Waals surface area contributed by atoms with Crippen LogP contribution in [0.3, 0.4) is 0 Å². The third kappa shape index (κ3) is 4.23. The molecule has 0 bridgehead atoms. The van der Waals surface area contributed by atoms with Gasteiger partial charge in [0.25, 0.3) is 0 Å². The Morgan fingerprint density at radius 1 is 1.10 bits per heavy atom. The van der Waals surface area contributed by atoms with Crippen molar-refractivity contribution in [3.63, 3.8) is 0 Å². The van der Waals surface area contributed by atoms with Gasteiger partial charge in [0.2, 0.25) is 0 Å². The summed E-state index contributed by atoms with van der Waals surface area (Å²) in [5.41, 5.74) is 8.16. The van der Waals surface area contributed by atoms with Crippen LogP contribution in [0.25, 0.3) is 0 Å². The van der Waals surface area contributed by atoms with E-state index in [0.29, 0.717) is 17.5 Å². The van der Waals surface area contributed by atoms with E-state index >= 15 is 0 Å². The van der Waals surface area contributed by atoms with Gasteiger partial charge in [0.05, 0.1) is 0 Å². The molecule has 0 spiro atoms. The molecule has 2 N–H and O–H groups in total. The molecule has 2 atom stereocenters. The van der Waals surface area contributed by atoms with Crippen LogP contribution in [-0.4, -0.2) is 6.54 Å². The van der Waals surface area contributed by atoms with Crippen LogP contribution in [0.4, 0.5) is 0 Å². The summed E-state index contributed by atoms with van der Waals surface area (Å²) >= 11 is 6.02. The summed E-state index contributed by atoms with van der Waals surface area (Å²) < 4.78 is 5.99. The highest BCUT2D eigenvalue weighted by Crippen LogP contribution is 2.26. The van der Waals surface area contributed by atoms with Crippen LogP contribution in [0.5, 0.6) is 5.75 Å². The lowest BCUT2D eigenvalue weighted by molar-refractivity contribution is 0.214. The summed E-state index contributed by atoms with van der Waals surface area (Å²) in [6, 6.07) is 15.9. The molecule has 2 nitrogen and oxygen atoms in total. The number of rotatable bonds is 6. The fourth-order valence-electron chi connectivity index (χ4n) is 2.23. The second kappa shape index (κ2) is 7.48. The molecule has 0 aliphatic rings. The zero-order valence-corrected chi connectivity index (χ0v) is 13.3. The fourth-order valence-corrected chi connectivity index (χ4v) is 2.43. The summed E-state index contributed by atoms with van der Waals surface area (Å²) in [6.07, 6.45) is 0.951. The molecule has 2 aromatic carbocycles. The predicted molar refractivity (Wildman–Crippen MR) is 89.0 cm³/mol. The van der Waals surface area contributed by atoms with E-state index in [0.717, 1.165) is 17.7 Å². The van der Waals surface area contributed by atoms with Gasteiger partial charge >= 0.3 is 0 Å². The van der Waals surface area contributed by atoms with Gasteiger partial charge in [-0.2, -0.15) is 0 Å². The SMILES string of the molecule is CCC(C)c1ccc(OC(CN)c2cccc(Cl)c2)cc1. The third-order valence-electron chi connectivity index (χ3n) is 3.77. The normalized spacial score (nSPS) is 13.7. The molecule has 0 aliphatic carbocycles. The highest BCUT2D eigenvalue weighted by atomic mass is 35.5. The fraction of sp³-hybridized carbons (Fsp3) is 0.333. The summed E-state index contributed by atoms with van der Waals surface area (Å²) in [7, 11) is 0. The molecule has 0 saturated heterocycles. The van der Waals surface area contributed by atoms with Crippen molar-refractivity contribution in [2.45, 2.75) is 32.3 Å². The number of ether oxygens (including phenoxy) is 1. The minimum Gasteiger partial charge on any atom is -0.484 e. The molecule has 0 aliphatic heterocycles. The molecule has 0 fully saturated rings. The first-order valence-corrected chi connectivity index (χ1v) is 7.74. The zero-order chi connectivity index (χ0) is 15.2. The van der Waals surface area contributed by atoms with E-state index in [1.165, 1.54) is 5.56 Å². The van der Waals surface area contributed by atoms with Crippen LogP contribution in [0.1, 0.15) is 43.4 Å². The van der Waals surface area contributed by atoms with E-state index in [4.69, 9.17) is 22.1 Å². The topological polar surface area (TPSA) is 35.2 Å². The highest BCUT2D eigenvalue weighted by Gasteiger charge is 2.12. The van der Waals surface area contributed by atoms with Gasteiger partial charge in [-0.05, 0) is 47.7 Å². The average Bonchev–Trinajstić information content (AvgIpc) is 2.52. The van der Waals surface area contributed by atoms with E-state index in [2.05, 4.69) is 26.0 Å². The number of hydrogen-bond donors (Lipinski definition) is 1. The summed E-state index contributed by atoms with van der Waals surface area (Å²) in [5, 5.41) is 0.696. The Morgan fingerprint density at radius 2 is 1.81 bits per heavy atom. The van der Waals surface area contributed by atoms with Gasteiger partial charge in [0, 0.05) is 11.6 Å². The lowest BCUT2D eigenvalue weighted by Gasteiger charge is -2.19. The third-order valence-corrected chi connectivity index (χ3v) is 4.01. The van der Waals surface area contributed by atoms with Gasteiger partial charge in [-0.3, -0.25) is 0 Å². The molecule has 2 unspecified atom stereocenters. The molecule has 21 heavy (non-hydrogen) atoms. The van der Waals surface area contributed by atoms with E-state index in [-0.39, 0.29) is 6.10 Å². The van der Waals surface area contributed by atoms with Crippen LogP contribution >= 0.6 is 11.6 Å². The largest absolute Gasteiger partial charge is 0.484 e. The Balaban J connectivity index is 2.12. The van der Waals surface area contributed by atoms with E-state index in [9.17, 15) is 0 Å². The van der Waals surface area contributed by atoms with Crippen LogP contribution in [0, 0.1) is 0 Å². The van der Waals surface area contributed by atoms with Crippen molar-refractivity contribution in [2.24, 2.45) is 5.73 Å². The van der Waals surface area contributed by atoms with Crippen LogP contribution in [-0.2, 0) is 0 Å². The summed E-state index contributed by atoms with van der Waals surface area (Å²) in [6.45, 7) is 4.83. The molecule has 0 amide bonds. The maximum Gasteiger partial charge on any atom is 0.136 e. The van der Waals surface area contributed by atoms with Crippen molar-refractivity contribution in [2.75, 3.05) is 6.54 Å². The second-order valence-corrected chi connectivity index (χ2v) is 5.71. The van der Waals surface area contributed by atoms with E-state index < -0.39 is 0 Å².